The maximum atomic E-state index is 12.8. The van der Waals surface area contributed by atoms with Gasteiger partial charge in [0.2, 0.25) is 10.0 Å². The molecule has 1 atom stereocenters. The van der Waals surface area contributed by atoms with Gasteiger partial charge in [0.15, 0.2) is 0 Å². The summed E-state index contributed by atoms with van der Waals surface area (Å²) in [6.07, 6.45) is 3.48. The van der Waals surface area contributed by atoms with E-state index in [1.54, 1.807) is 18.3 Å². The Morgan fingerprint density at radius 2 is 1.74 bits per heavy atom. The minimum absolute atomic E-state index is 0.0788. The summed E-state index contributed by atoms with van der Waals surface area (Å²) < 4.78 is 30.3. The number of benzene rings is 2. The monoisotopic (exact) mass is 384 g/mol. The van der Waals surface area contributed by atoms with Crippen LogP contribution in [0.5, 0.6) is 0 Å². The number of aromatic nitrogens is 2. The first kappa shape index (κ1) is 19.1. The highest BCUT2D eigenvalue weighted by Crippen LogP contribution is 2.24. The van der Waals surface area contributed by atoms with Crippen LogP contribution in [0, 0.1) is 0 Å². The molecule has 7 heteroatoms. The van der Waals surface area contributed by atoms with Crippen molar-refractivity contribution in [1.29, 1.82) is 0 Å². The van der Waals surface area contributed by atoms with Gasteiger partial charge in [-0.25, -0.2) is 13.4 Å². The van der Waals surface area contributed by atoms with E-state index in [0.29, 0.717) is 5.82 Å². The van der Waals surface area contributed by atoms with Crippen molar-refractivity contribution in [3.63, 3.8) is 0 Å². The number of nitrogens with one attached hydrogen (secondary N) is 1. The number of imidazole rings is 1. The number of anilines is 1. The molecular weight excluding hydrogens is 360 g/mol. The summed E-state index contributed by atoms with van der Waals surface area (Å²) in [5, 5.41) is 0. The fourth-order valence-corrected chi connectivity index (χ4v) is 4.22. The lowest BCUT2D eigenvalue weighted by Gasteiger charge is -2.20. The lowest BCUT2D eigenvalue weighted by molar-refractivity contribution is 0.562. The van der Waals surface area contributed by atoms with E-state index < -0.39 is 16.1 Å². The Morgan fingerprint density at radius 3 is 2.30 bits per heavy atom. The van der Waals surface area contributed by atoms with Crippen molar-refractivity contribution in [2.24, 2.45) is 7.05 Å². The third-order valence-electron chi connectivity index (χ3n) is 4.36. The second-order valence-electron chi connectivity index (χ2n) is 6.68. The van der Waals surface area contributed by atoms with Crippen LogP contribution in [0.25, 0.3) is 0 Å². The first-order valence-corrected chi connectivity index (χ1v) is 10.3. The molecule has 0 unspecified atom stereocenters. The smallest absolute Gasteiger partial charge is 0.216 e. The number of rotatable bonds is 7. The summed E-state index contributed by atoms with van der Waals surface area (Å²) in [7, 11) is 2.22. The van der Waals surface area contributed by atoms with Crippen LogP contribution in [-0.4, -0.2) is 32.1 Å². The maximum Gasteiger partial charge on any atom is 0.216 e. The summed E-state index contributed by atoms with van der Waals surface area (Å²) in [4.78, 5) is 6.37. The van der Waals surface area contributed by atoms with Gasteiger partial charge in [0.1, 0.15) is 11.9 Å². The summed E-state index contributed by atoms with van der Waals surface area (Å²) in [5.74, 6) is 0.564. The Hall–Kier alpha value is -2.64. The van der Waals surface area contributed by atoms with E-state index in [0.717, 1.165) is 16.8 Å². The van der Waals surface area contributed by atoms with E-state index in [-0.39, 0.29) is 5.75 Å². The van der Waals surface area contributed by atoms with Crippen molar-refractivity contribution in [1.82, 2.24) is 14.3 Å². The Kier molecular flexibility index (Phi) is 5.62. The molecule has 0 spiro atoms. The molecule has 2 aromatic carbocycles. The molecule has 142 valence electrons. The average molecular weight is 385 g/mol. The van der Waals surface area contributed by atoms with Gasteiger partial charge in [0, 0.05) is 39.2 Å². The van der Waals surface area contributed by atoms with E-state index >= 15 is 0 Å². The van der Waals surface area contributed by atoms with Crippen LogP contribution < -0.4 is 9.62 Å². The van der Waals surface area contributed by atoms with E-state index in [4.69, 9.17) is 0 Å². The molecule has 0 fully saturated rings. The first-order chi connectivity index (χ1) is 12.9. The molecule has 0 aliphatic carbocycles. The van der Waals surface area contributed by atoms with Crippen LogP contribution in [0.4, 0.5) is 5.69 Å². The van der Waals surface area contributed by atoms with Gasteiger partial charge in [0.05, 0.1) is 5.75 Å². The van der Waals surface area contributed by atoms with Gasteiger partial charge < -0.3 is 9.47 Å². The van der Waals surface area contributed by atoms with Crippen LogP contribution in [0.2, 0.25) is 0 Å². The molecule has 0 radical (unpaired) electrons. The van der Waals surface area contributed by atoms with E-state index in [1.807, 2.05) is 79.3 Å². The molecule has 3 aromatic rings. The van der Waals surface area contributed by atoms with E-state index in [2.05, 4.69) is 9.71 Å². The van der Waals surface area contributed by atoms with Crippen molar-refractivity contribution in [2.45, 2.75) is 11.8 Å². The fourth-order valence-electron chi connectivity index (χ4n) is 2.90. The molecule has 0 saturated heterocycles. The van der Waals surface area contributed by atoms with Gasteiger partial charge in [-0.05, 0) is 23.3 Å². The quantitative estimate of drug-likeness (QED) is 0.680. The van der Waals surface area contributed by atoms with Crippen molar-refractivity contribution in [3.8, 4) is 0 Å². The molecule has 1 heterocycles. The number of hydrogen-bond acceptors (Lipinski definition) is 4. The van der Waals surface area contributed by atoms with Crippen LogP contribution in [0.3, 0.4) is 0 Å². The van der Waals surface area contributed by atoms with Crippen LogP contribution in [-0.2, 0) is 22.8 Å². The molecule has 0 aliphatic heterocycles. The molecule has 1 N–H and O–H groups in total. The minimum atomic E-state index is -3.57. The zero-order chi connectivity index (χ0) is 19.4. The van der Waals surface area contributed by atoms with Crippen molar-refractivity contribution < 1.29 is 8.42 Å². The summed E-state index contributed by atoms with van der Waals surface area (Å²) >= 11 is 0. The highest BCUT2D eigenvalue weighted by Gasteiger charge is 2.24. The molecular formula is C20H24N4O2S. The van der Waals surface area contributed by atoms with Crippen LogP contribution in [0.15, 0.2) is 67.0 Å². The molecule has 1 aromatic heterocycles. The number of nitrogens with zero attached hydrogens (tertiary/aromatic N) is 3. The summed E-state index contributed by atoms with van der Waals surface area (Å²) in [6.45, 7) is 0. The molecule has 0 bridgehead atoms. The van der Waals surface area contributed by atoms with E-state index in [9.17, 15) is 8.42 Å². The molecule has 27 heavy (non-hydrogen) atoms. The highest BCUT2D eigenvalue weighted by atomic mass is 32.2. The van der Waals surface area contributed by atoms with Crippen LogP contribution >= 0.6 is 0 Å². The normalized spacial score (nSPS) is 12.7. The van der Waals surface area contributed by atoms with Crippen molar-refractivity contribution in [3.05, 3.63) is 83.9 Å². The number of hydrogen-bond donors (Lipinski definition) is 1. The van der Waals surface area contributed by atoms with Gasteiger partial charge in [-0.2, -0.15) is 4.72 Å². The second-order valence-corrected chi connectivity index (χ2v) is 8.43. The molecule has 6 nitrogen and oxygen atoms in total. The largest absolute Gasteiger partial charge is 0.378 e. The Bertz CT molecular complexity index is 980. The molecule has 0 amide bonds. The van der Waals surface area contributed by atoms with Crippen LogP contribution in [0.1, 0.15) is 23.0 Å². The Labute approximate surface area is 160 Å². The molecule has 0 aliphatic rings. The second kappa shape index (κ2) is 7.94. The maximum absolute atomic E-state index is 12.8. The zero-order valence-corrected chi connectivity index (χ0v) is 16.5. The number of sulfonamides is 1. The third kappa shape index (κ3) is 4.75. The lowest BCUT2D eigenvalue weighted by Crippen LogP contribution is -2.32. The predicted molar refractivity (Wildman–Crippen MR) is 108 cm³/mol. The summed E-state index contributed by atoms with van der Waals surface area (Å²) in [5.41, 5.74) is 2.63. The first-order valence-electron chi connectivity index (χ1n) is 8.64. The molecule has 0 saturated carbocycles. The van der Waals surface area contributed by atoms with E-state index in [1.165, 1.54) is 0 Å². The topological polar surface area (TPSA) is 67.2 Å². The van der Waals surface area contributed by atoms with Crippen molar-refractivity contribution in [2.75, 3.05) is 19.0 Å². The van der Waals surface area contributed by atoms with Gasteiger partial charge in [-0.15, -0.1) is 0 Å². The van der Waals surface area contributed by atoms with Crippen molar-refractivity contribution >= 4 is 15.7 Å². The Balaban J connectivity index is 1.92. The Morgan fingerprint density at radius 1 is 1.07 bits per heavy atom. The predicted octanol–water partition coefficient (Wildman–Crippen LogP) is 2.70. The zero-order valence-electron chi connectivity index (χ0n) is 15.7. The summed E-state index contributed by atoms with van der Waals surface area (Å²) in [6, 6.07) is 16.4. The minimum Gasteiger partial charge on any atom is -0.378 e. The van der Waals surface area contributed by atoms with Gasteiger partial charge >= 0.3 is 0 Å². The standard InChI is InChI=1S/C20H24N4O2S/c1-23(2)18-11-9-17(10-12-18)19(20-21-13-14-24(20)3)22-27(25,26)15-16-7-5-4-6-8-16/h4-14,19,22H,15H2,1-3H3/t19-/m0/s1. The van der Waals surface area contributed by atoms with Gasteiger partial charge in [-0.1, -0.05) is 42.5 Å². The SMILES string of the molecule is CN(C)c1ccc([C@H](NS(=O)(=O)Cc2ccccc2)c2nccn2C)cc1. The van der Waals surface area contributed by atoms with Gasteiger partial charge in [-0.3, -0.25) is 0 Å². The fraction of sp³-hybridized carbons (Fsp3) is 0.250. The van der Waals surface area contributed by atoms with Gasteiger partial charge in [0.25, 0.3) is 0 Å². The number of aryl methyl sites for hydroxylation is 1. The average Bonchev–Trinajstić information content (AvgIpc) is 3.06. The molecule has 3 rings (SSSR count). The highest BCUT2D eigenvalue weighted by molar-refractivity contribution is 7.88. The lowest BCUT2D eigenvalue weighted by atomic mass is 10.1. The third-order valence-corrected chi connectivity index (χ3v) is 5.66.